The molecule has 0 saturated carbocycles. The first kappa shape index (κ1) is 12.3. The van der Waals surface area contributed by atoms with Crippen LogP contribution in [0, 0.1) is 0 Å². The van der Waals surface area contributed by atoms with Crippen molar-refractivity contribution in [3.63, 3.8) is 0 Å². The molecule has 4 nitrogen and oxygen atoms in total. The van der Waals surface area contributed by atoms with E-state index >= 15 is 0 Å². The van der Waals surface area contributed by atoms with E-state index in [4.69, 9.17) is 15.8 Å². The Morgan fingerprint density at radius 3 is 2.20 bits per heavy atom. The summed E-state index contributed by atoms with van der Waals surface area (Å²) < 4.78 is 28.5. The molecule has 0 amide bonds. The van der Waals surface area contributed by atoms with Crippen molar-refractivity contribution in [2.45, 2.75) is 5.88 Å². The Balaban J connectivity index is 2.82. The third-order valence-corrected chi connectivity index (χ3v) is 3.33. The molecule has 0 aliphatic heterocycles. The van der Waals surface area contributed by atoms with E-state index in [-0.39, 0.29) is 5.75 Å². The number of alkyl halides is 1. The van der Waals surface area contributed by atoms with Gasteiger partial charge in [-0.3, -0.25) is 0 Å². The molecule has 84 valence electrons. The van der Waals surface area contributed by atoms with Gasteiger partial charge in [0.1, 0.15) is 5.75 Å². The summed E-state index contributed by atoms with van der Waals surface area (Å²) in [6.07, 6.45) is 0. The molecule has 1 aromatic carbocycles. The normalized spacial score (nSPS) is 11.7. The fourth-order valence-electron chi connectivity index (χ4n) is 0.830. The van der Waals surface area contributed by atoms with Crippen LogP contribution < -0.4 is 4.18 Å². The molecule has 0 aliphatic rings. The molecule has 0 heterocycles. The van der Waals surface area contributed by atoms with Gasteiger partial charge >= 0.3 is 10.3 Å². The molecule has 0 unspecified atom stereocenters. The van der Waals surface area contributed by atoms with Gasteiger partial charge in [0.15, 0.2) is 0 Å². The highest BCUT2D eigenvalue weighted by molar-refractivity contribution is 7.84. The lowest BCUT2D eigenvalue weighted by Crippen LogP contribution is -2.26. The summed E-state index contributed by atoms with van der Waals surface area (Å²) in [7, 11) is -0.860. The Labute approximate surface area is 94.7 Å². The van der Waals surface area contributed by atoms with Gasteiger partial charge in [-0.25, -0.2) is 0 Å². The molecule has 0 aliphatic carbocycles. The fourth-order valence-corrected chi connectivity index (χ4v) is 1.51. The van der Waals surface area contributed by atoms with E-state index < -0.39 is 10.3 Å². The van der Waals surface area contributed by atoms with Crippen LogP contribution in [0.2, 0.25) is 0 Å². The lowest BCUT2D eigenvalue weighted by atomic mass is 10.2. The highest BCUT2D eigenvalue weighted by Gasteiger charge is 2.15. The van der Waals surface area contributed by atoms with Crippen LogP contribution in [-0.4, -0.2) is 26.8 Å². The van der Waals surface area contributed by atoms with E-state index in [1.807, 2.05) is 0 Å². The molecule has 0 aromatic heterocycles. The summed E-state index contributed by atoms with van der Waals surface area (Å²) in [5, 5.41) is 0. The molecule has 0 saturated heterocycles. The van der Waals surface area contributed by atoms with Crippen LogP contribution in [0.3, 0.4) is 0 Å². The van der Waals surface area contributed by atoms with Crippen molar-refractivity contribution in [1.82, 2.24) is 4.31 Å². The molecule has 0 bridgehead atoms. The molecule has 1 rings (SSSR count). The largest absolute Gasteiger partial charge is 0.384 e. The fraction of sp³-hybridized carbons (Fsp3) is 0.333. The summed E-state index contributed by atoms with van der Waals surface area (Å²) in [5.74, 6) is 0.665. The molecular formula is C9H12ClNO3S. The average molecular weight is 250 g/mol. The van der Waals surface area contributed by atoms with Gasteiger partial charge in [0, 0.05) is 20.0 Å². The van der Waals surface area contributed by atoms with Crippen molar-refractivity contribution < 1.29 is 12.6 Å². The second kappa shape index (κ2) is 4.83. The average Bonchev–Trinajstić information content (AvgIpc) is 2.18. The SMILES string of the molecule is CN(C)S(=O)(=O)Oc1ccc(CCl)cc1. The molecule has 6 heteroatoms. The minimum absolute atomic E-state index is 0.276. The number of benzene rings is 1. The zero-order valence-corrected chi connectivity index (χ0v) is 10.0. The lowest BCUT2D eigenvalue weighted by Gasteiger charge is -2.11. The predicted octanol–water partition coefficient (Wildman–Crippen LogP) is 1.61. The second-order valence-electron chi connectivity index (χ2n) is 3.10. The topological polar surface area (TPSA) is 46.6 Å². The smallest absolute Gasteiger partial charge is 0.371 e. The van der Waals surface area contributed by atoms with Gasteiger partial charge in [0.05, 0.1) is 0 Å². The molecule has 0 radical (unpaired) electrons. The van der Waals surface area contributed by atoms with Crippen LogP contribution in [-0.2, 0) is 16.2 Å². The van der Waals surface area contributed by atoms with Crippen molar-refractivity contribution >= 4 is 21.9 Å². The maximum absolute atomic E-state index is 11.3. The van der Waals surface area contributed by atoms with Gasteiger partial charge in [-0.15, -0.1) is 11.6 Å². The van der Waals surface area contributed by atoms with E-state index in [1.165, 1.54) is 14.1 Å². The lowest BCUT2D eigenvalue weighted by molar-refractivity contribution is 0.421. The monoisotopic (exact) mass is 249 g/mol. The van der Waals surface area contributed by atoms with Crippen molar-refractivity contribution in [3.8, 4) is 5.75 Å². The molecule has 0 atom stereocenters. The standard InChI is InChI=1S/C9H12ClNO3S/c1-11(2)15(12,13)14-9-5-3-8(7-10)4-6-9/h3-6H,7H2,1-2H3. The van der Waals surface area contributed by atoms with Crippen molar-refractivity contribution in [1.29, 1.82) is 0 Å². The summed E-state index contributed by atoms with van der Waals surface area (Å²) in [6.45, 7) is 0. The first-order valence-corrected chi connectivity index (χ1v) is 6.12. The van der Waals surface area contributed by atoms with Crippen LogP contribution in [0.1, 0.15) is 5.56 Å². The zero-order chi connectivity index (χ0) is 11.5. The quantitative estimate of drug-likeness (QED) is 0.762. The van der Waals surface area contributed by atoms with E-state index in [2.05, 4.69) is 0 Å². The van der Waals surface area contributed by atoms with Crippen LogP contribution in [0.5, 0.6) is 5.75 Å². The molecular weight excluding hydrogens is 238 g/mol. The van der Waals surface area contributed by atoms with Gasteiger partial charge in [0.2, 0.25) is 0 Å². The molecule has 15 heavy (non-hydrogen) atoms. The third kappa shape index (κ3) is 3.37. The van der Waals surface area contributed by atoms with Crippen LogP contribution in [0.25, 0.3) is 0 Å². The molecule has 0 fully saturated rings. The second-order valence-corrected chi connectivity index (χ2v) is 5.12. The Bertz CT molecular complexity index is 413. The molecule has 0 N–H and O–H groups in total. The summed E-state index contributed by atoms with van der Waals surface area (Å²) >= 11 is 5.60. The molecule has 0 spiro atoms. The van der Waals surface area contributed by atoms with Gasteiger partial charge in [-0.2, -0.15) is 12.7 Å². The first-order chi connectivity index (χ1) is 6.95. The van der Waals surface area contributed by atoms with Crippen molar-refractivity contribution in [2.75, 3.05) is 14.1 Å². The van der Waals surface area contributed by atoms with Gasteiger partial charge in [0.25, 0.3) is 0 Å². The minimum Gasteiger partial charge on any atom is -0.371 e. The number of rotatable bonds is 4. The van der Waals surface area contributed by atoms with Crippen LogP contribution >= 0.6 is 11.6 Å². The van der Waals surface area contributed by atoms with E-state index in [9.17, 15) is 8.42 Å². The highest BCUT2D eigenvalue weighted by Crippen LogP contribution is 2.16. The minimum atomic E-state index is -3.67. The maximum Gasteiger partial charge on any atom is 0.384 e. The maximum atomic E-state index is 11.3. The van der Waals surface area contributed by atoms with Gasteiger partial charge in [-0.1, -0.05) is 12.1 Å². The first-order valence-electron chi connectivity index (χ1n) is 4.22. The van der Waals surface area contributed by atoms with Crippen molar-refractivity contribution in [2.24, 2.45) is 0 Å². The Morgan fingerprint density at radius 1 is 1.27 bits per heavy atom. The van der Waals surface area contributed by atoms with E-state index in [0.29, 0.717) is 5.88 Å². The zero-order valence-electron chi connectivity index (χ0n) is 8.47. The van der Waals surface area contributed by atoms with Gasteiger partial charge in [-0.05, 0) is 17.7 Å². The number of hydrogen-bond acceptors (Lipinski definition) is 3. The summed E-state index contributed by atoms with van der Waals surface area (Å²) in [5.41, 5.74) is 0.909. The number of hydrogen-bond donors (Lipinski definition) is 0. The number of halogens is 1. The summed E-state index contributed by atoms with van der Waals surface area (Å²) in [4.78, 5) is 0. The Kier molecular flexibility index (Phi) is 3.96. The Hall–Kier alpha value is -0.780. The number of nitrogens with zero attached hydrogens (tertiary/aromatic N) is 1. The van der Waals surface area contributed by atoms with Crippen molar-refractivity contribution in [3.05, 3.63) is 29.8 Å². The predicted molar refractivity (Wildman–Crippen MR) is 59.2 cm³/mol. The Morgan fingerprint density at radius 2 is 1.80 bits per heavy atom. The van der Waals surface area contributed by atoms with E-state index in [1.54, 1.807) is 24.3 Å². The van der Waals surface area contributed by atoms with Crippen LogP contribution in [0.4, 0.5) is 0 Å². The van der Waals surface area contributed by atoms with E-state index in [0.717, 1.165) is 9.87 Å². The van der Waals surface area contributed by atoms with Gasteiger partial charge < -0.3 is 4.18 Å². The van der Waals surface area contributed by atoms with Crippen LogP contribution in [0.15, 0.2) is 24.3 Å². The highest BCUT2D eigenvalue weighted by atomic mass is 35.5. The molecule has 1 aromatic rings. The summed E-state index contributed by atoms with van der Waals surface area (Å²) in [6, 6.07) is 6.57. The third-order valence-electron chi connectivity index (χ3n) is 1.73.